The summed E-state index contributed by atoms with van der Waals surface area (Å²) in [6.07, 6.45) is 1.46. The SMILES string of the molecule is COCCCNC(=O)c1csc(CN(CCCOC)C(=O)[C@@H](C)Cl)n1. The Bertz CT molecular complexity index is 539. The van der Waals surface area contributed by atoms with Crippen molar-refractivity contribution in [2.75, 3.05) is 40.5 Å². The Kier molecular flexibility index (Phi) is 10.6. The maximum Gasteiger partial charge on any atom is 0.270 e. The molecule has 25 heavy (non-hydrogen) atoms. The maximum absolute atomic E-state index is 12.2. The van der Waals surface area contributed by atoms with Crippen molar-refractivity contribution >= 4 is 34.8 Å². The van der Waals surface area contributed by atoms with Crippen molar-refractivity contribution in [3.05, 3.63) is 16.1 Å². The summed E-state index contributed by atoms with van der Waals surface area (Å²) in [5.74, 6) is -0.375. The minimum absolute atomic E-state index is 0.154. The third-order valence-electron chi connectivity index (χ3n) is 3.35. The third kappa shape index (κ3) is 8.13. The smallest absolute Gasteiger partial charge is 0.270 e. The molecule has 0 saturated heterocycles. The lowest BCUT2D eigenvalue weighted by Crippen LogP contribution is -2.36. The highest BCUT2D eigenvalue weighted by Gasteiger charge is 2.20. The molecule has 1 N–H and O–H groups in total. The average Bonchev–Trinajstić information content (AvgIpc) is 3.05. The Labute approximate surface area is 157 Å². The molecule has 0 radical (unpaired) electrons. The molecule has 0 unspecified atom stereocenters. The zero-order valence-electron chi connectivity index (χ0n) is 14.9. The fraction of sp³-hybridized carbons (Fsp3) is 0.688. The molecule has 0 aromatic carbocycles. The number of aromatic nitrogens is 1. The molecule has 7 nitrogen and oxygen atoms in total. The number of thiazole rings is 1. The highest BCUT2D eigenvalue weighted by molar-refractivity contribution is 7.09. The van der Waals surface area contributed by atoms with E-state index in [2.05, 4.69) is 10.3 Å². The Morgan fingerprint density at radius 2 is 2.00 bits per heavy atom. The number of halogens is 1. The molecular formula is C16H26ClN3O4S. The number of ether oxygens (including phenoxy) is 2. The summed E-state index contributed by atoms with van der Waals surface area (Å²) in [7, 11) is 3.24. The number of hydrogen-bond donors (Lipinski definition) is 1. The van der Waals surface area contributed by atoms with Gasteiger partial charge in [0.2, 0.25) is 5.91 Å². The van der Waals surface area contributed by atoms with Gasteiger partial charge in [-0.2, -0.15) is 0 Å². The first-order valence-corrected chi connectivity index (χ1v) is 9.44. The number of carbonyl (C=O) groups excluding carboxylic acids is 2. The minimum Gasteiger partial charge on any atom is -0.385 e. The van der Waals surface area contributed by atoms with Crippen LogP contribution in [0.5, 0.6) is 0 Å². The third-order valence-corrected chi connectivity index (χ3v) is 4.37. The number of nitrogens with one attached hydrogen (secondary N) is 1. The summed E-state index contributed by atoms with van der Waals surface area (Å²) in [5, 5.41) is 4.58. The lowest BCUT2D eigenvalue weighted by molar-refractivity contribution is -0.131. The summed E-state index contributed by atoms with van der Waals surface area (Å²) in [6, 6.07) is 0. The van der Waals surface area contributed by atoms with E-state index in [9.17, 15) is 9.59 Å². The van der Waals surface area contributed by atoms with Gasteiger partial charge in [-0.3, -0.25) is 9.59 Å². The van der Waals surface area contributed by atoms with Crippen LogP contribution in [0.1, 0.15) is 35.3 Å². The molecule has 1 heterocycles. The van der Waals surface area contributed by atoms with Crippen LogP contribution in [0.15, 0.2) is 5.38 Å². The molecule has 0 aliphatic rings. The van der Waals surface area contributed by atoms with E-state index in [4.69, 9.17) is 21.1 Å². The van der Waals surface area contributed by atoms with Gasteiger partial charge in [0.05, 0.1) is 6.54 Å². The number of amides is 2. The molecule has 1 atom stereocenters. The van der Waals surface area contributed by atoms with E-state index in [-0.39, 0.29) is 11.8 Å². The summed E-state index contributed by atoms with van der Waals surface area (Å²) in [5.41, 5.74) is 0.362. The summed E-state index contributed by atoms with van der Waals surface area (Å²) < 4.78 is 9.96. The Morgan fingerprint density at radius 3 is 2.64 bits per heavy atom. The summed E-state index contributed by atoms with van der Waals surface area (Å²) in [6.45, 7) is 4.20. The number of nitrogens with zero attached hydrogens (tertiary/aromatic N) is 2. The lowest BCUT2D eigenvalue weighted by atomic mass is 10.3. The standard InChI is InChI=1S/C16H26ClN3O4S/c1-12(17)16(22)20(7-5-9-24-3)10-14-19-13(11-25-14)15(21)18-6-4-8-23-2/h11-12H,4-10H2,1-3H3,(H,18,21)/t12-/m1/s1. The van der Waals surface area contributed by atoms with Crippen LogP contribution >= 0.6 is 22.9 Å². The summed E-state index contributed by atoms with van der Waals surface area (Å²) >= 11 is 7.28. The van der Waals surface area contributed by atoms with Crippen LogP contribution in [0, 0.1) is 0 Å². The van der Waals surface area contributed by atoms with Crippen molar-refractivity contribution in [3.8, 4) is 0 Å². The molecule has 1 aromatic heterocycles. The van der Waals surface area contributed by atoms with Crippen molar-refractivity contribution < 1.29 is 19.1 Å². The van der Waals surface area contributed by atoms with Gasteiger partial charge < -0.3 is 19.7 Å². The molecule has 0 aliphatic carbocycles. The molecule has 9 heteroatoms. The van der Waals surface area contributed by atoms with Crippen LogP contribution in [0.25, 0.3) is 0 Å². The van der Waals surface area contributed by atoms with Crippen molar-refractivity contribution in [2.45, 2.75) is 31.7 Å². The Hall–Kier alpha value is -1.22. The Balaban J connectivity index is 2.61. The molecule has 0 saturated carbocycles. The van der Waals surface area contributed by atoms with Crippen LogP contribution in [-0.2, 0) is 20.8 Å². The number of carbonyl (C=O) groups is 2. The van der Waals surface area contributed by atoms with Gasteiger partial charge in [-0.25, -0.2) is 4.98 Å². The molecular weight excluding hydrogens is 366 g/mol. The second-order valence-electron chi connectivity index (χ2n) is 5.45. The fourth-order valence-corrected chi connectivity index (χ4v) is 3.01. The normalized spacial score (nSPS) is 12.0. The highest BCUT2D eigenvalue weighted by Crippen LogP contribution is 2.15. The van der Waals surface area contributed by atoms with Gasteiger partial charge in [0, 0.05) is 45.9 Å². The molecule has 1 aromatic rings. The monoisotopic (exact) mass is 391 g/mol. The summed E-state index contributed by atoms with van der Waals surface area (Å²) in [4.78, 5) is 30.2. The minimum atomic E-state index is -0.605. The van der Waals surface area contributed by atoms with Gasteiger partial charge >= 0.3 is 0 Å². The first-order chi connectivity index (χ1) is 12.0. The van der Waals surface area contributed by atoms with E-state index < -0.39 is 5.38 Å². The predicted octanol–water partition coefficient (Wildman–Crippen LogP) is 1.90. The second kappa shape index (κ2) is 12.2. The van der Waals surface area contributed by atoms with Crippen LogP contribution < -0.4 is 5.32 Å². The number of methoxy groups -OCH3 is 2. The largest absolute Gasteiger partial charge is 0.385 e. The van der Waals surface area contributed by atoms with E-state index in [0.29, 0.717) is 50.0 Å². The zero-order valence-corrected chi connectivity index (χ0v) is 16.5. The van der Waals surface area contributed by atoms with Crippen molar-refractivity contribution in [3.63, 3.8) is 0 Å². The van der Waals surface area contributed by atoms with Gasteiger partial charge in [0.25, 0.3) is 5.91 Å². The topological polar surface area (TPSA) is 80.8 Å². The van der Waals surface area contributed by atoms with E-state index in [1.54, 1.807) is 31.4 Å². The quantitative estimate of drug-likeness (QED) is 0.434. The van der Waals surface area contributed by atoms with Crippen LogP contribution in [-0.4, -0.2) is 67.6 Å². The first kappa shape index (κ1) is 21.8. The van der Waals surface area contributed by atoms with Crippen molar-refractivity contribution in [2.24, 2.45) is 0 Å². The van der Waals surface area contributed by atoms with Crippen molar-refractivity contribution in [1.82, 2.24) is 15.2 Å². The Morgan fingerprint density at radius 1 is 1.32 bits per heavy atom. The number of alkyl halides is 1. The predicted molar refractivity (Wildman–Crippen MR) is 98.2 cm³/mol. The second-order valence-corrected chi connectivity index (χ2v) is 7.05. The van der Waals surface area contributed by atoms with Gasteiger partial charge in [0.1, 0.15) is 16.1 Å². The highest BCUT2D eigenvalue weighted by atomic mass is 35.5. The van der Waals surface area contributed by atoms with E-state index in [0.717, 1.165) is 6.42 Å². The van der Waals surface area contributed by atoms with Crippen LogP contribution in [0.4, 0.5) is 0 Å². The van der Waals surface area contributed by atoms with Gasteiger partial charge in [-0.05, 0) is 19.8 Å². The average molecular weight is 392 g/mol. The zero-order chi connectivity index (χ0) is 18.7. The molecule has 142 valence electrons. The fourth-order valence-electron chi connectivity index (χ4n) is 2.08. The van der Waals surface area contributed by atoms with E-state index in [1.807, 2.05) is 0 Å². The molecule has 0 spiro atoms. The van der Waals surface area contributed by atoms with Gasteiger partial charge in [0.15, 0.2) is 0 Å². The number of hydrogen-bond acceptors (Lipinski definition) is 6. The lowest BCUT2D eigenvalue weighted by Gasteiger charge is -2.22. The number of rotatable bonds is 12. The maximum atomic E-state index is 12.2. The molecule has 1 rings (SSSR count). The van der Waals surface area contributed by atoms with Gasteiger partial charge in [-0.1, -0.05) is 0 Å². The molecule has 0 fully saturated rings. The molecule has 0 bridgehead atoms. The van der Waals surface area contributed by atoms with Crippen molar-refractivity contribution in [1.29, 1.82) is 0 Å². The van der Waals surface area contributed by atoms with E-state index >= 15 is 0 Å². The van der Waals surface area contributed by atoms with E-state index in [1.165, 1.54) is 11.3 Å². The molecule has 0 aliphatic heterocycles. The van der Waals surface area contributed by atoms with Crippen LogP contribution in [0.2, 0.25) is 0 Å². The molecule has 2 amide bonds. The van der Waals surface area contributed by atoms with Gasteiger partial charge in [-0.15, -0.1) is 22.9 Å². The first-order valence-electron chi connectivity index (χ1n) is 8.13. The van der Waals surface area contributed by atoms with Crippen LogP contribution in [0.3, 0.4) is 0 Å².